The van der Waals surface area contributed by atoms with Gasteiger partial charge in [-0.2, -0.15) is 5.26 Å². The minimum Gasteiger partial charge on any atom is -0.497 e. The van der Waals surface area contributed by atoms with Gasteiger partial charge in [0.15, 0.2) is 16.7 Å². The van der Waals surface area contributed by atoms with E-state index in [9.17, 15) is 4.79 Å². The van der Waals surface area contributed by atoms with Crippen LogP contribution in [0.2, 0.25) is 0 Å². The van der Waals surface area contributed by atoms with E-state index in [1.165, 1.54) is 17.8 Å². The lowest BCUT2D eigenvalue weighted by atomic mass is 10.0. The second-order valence-corrected chi connectivity index (χ2v) is 9.70. The Morgan fingerprint density at radius 3 is 2.27 bits per heavy atom. The number of thioether (sulfide) groups is 1. The number of nitrogens with zero attached hydrogens (tertiary/aromatic N) is 3. The van der Waals surface area contributed by atoms with Gasteiger partial charge in [0.05, 0.1) is 38.7 Å². The van der Waals surface area contributed by atoms with Gasteiger partial charge in [-0.1, -0.05) is 11.8 Å². The number of ether oxygens (including phenoxy) is 3. The summed E-state index contributed by atoms with van der Waals surface area (Å²) in [6.07, 6.45) is 3.22. The molecule has 4 rings (SSSR count). The third kappa shape index (κ3) is 6.62. The van der Waals surface area contributed by atoms with Crippen LogP contribution in [-0.2, 0) is 4.79 Å². The molecule has 0 spiro atoms. The van der Waals surface area contributed by atoms with Gasteiger partial charge in [-0.3, -0.25) is 4.79 Å². The molecule has 0 radical (unpaired) electrons. The standard InChI is InChI=1S/C30H29N5O4S/c1-18-13-20(7-6-12-31)14-19(2)28(18)34-29-23-15-25(38-4)26(39-5)16-24(23)33-30(35-29)40-17-27(36)32-21-8-10-22(37-3)11-9-21/h6-11,13-16H,17H2,1-5H3,(H,32,36)(H,33,34,35)/b7-6+. The van der Waals surface area contributed by atoms with Gasteiger partial charge in [0, 0.05) is 28.9 Å². The Morgan fingerprint density at radius 1 is 0.975 bits per heavy atom. The SMILES string of the molecule is COc1ccc(NC(=O)CSc2nc(Nc3c(C)cc(/C=C/C#N)cc3C)c3cc(OC)c(OC)cc3n2)cc1. The first-order chi connectivity index (χ1) is 19.3. The molecule has 0 saturated carbocycles. The number of methoxy groups -OCH3 is 3. The number of benzene rings is 3. The van der Waals surface area contributed by atoms with Crippen molar-refractivity contribution in [1.29, 1.82) is 5.26 Å². The first kappa shape index (κ1) is 28.3. The Morgan fingerprint density at radius 2 is 1.65 bits per heavy atom. The Labute approximate surface area is 237 Å². The van der Waals surface area contributed by atoms with Crippen molar-refractivity contribution >= 4 is 51.8 Å². The number of hydrogen-bond acceptors (Lipinski definition) is 9. The molecule has 4 aromatic rings. The van der Waals surface area contributed by atoms with E-state index in [0.717, 1.165) is 27.8 Å². The number of allylic oxidation sites excluding steroid dienone is 1. The molecule has 0 fully saturated rings. The second-order valence-electron chi connectivity index (χ2n) is 8.76. The molecule has 0 bridgehead atoms. The smallest absolute Gasteiger partial charge is 0.234 e. The average molecular weight is 556 g/mol. The van der Waals surface area contributed by atoms with Gasteiger partial charge in [-0.05, 0) is 79.1 Å². The number of nitriles is 1. The molecule has 1 amide bonds. The topological polar surface area (TPSA) is 118 Å². The molecule has 10 heteroatoms. The van der Waals surface area contributed by atoms with E-state index in [0.29, 0.717) is 39.4 Å². The fourth-order valence-corrected chi connectivity index (χ4v) is 4.79. The highest BCUT2D eigenvalue weighted by Gasteiger charge is 2.16. The van der Waals surface area contributed by atoms with Crippen LogP contribution in [0.25, 0.3) is 17.0 Å². The molecular formula is C30H29N5O4S. The minimum atomic E-state index is -0.187. The van der Waals surface area contributed by atoms with Crippen molar-refractivity contribution in [3.63, 3.8) is 0 Å². The number of carbonyl (C=O) groups is 1. The highest BCUT2D eigenvalue weighted by Crippen LogP contribution is 2.37. The van der Waals surface area contributed by atoms with E-state index in [2.05, 4.69) is 10.6 Å². The van der Waals surface area contributed by atoms with Crippen molar-refractivity contribution < 1.29 is 19.0 Å². The zero-order valence-electron chi connectivity index (χ0n) is 22.9. The normalized spacial score (nSPS) is 10.8. The quantitative estimate of drug-likeness (QED) is 0.132. The highest BCUT2D eigenvalue weighted by molar-refractivity contribution is 7.99. The van der Waals surface area contributed by atoms with Crippen molar-refractivity contribution in [2.75, 3.05) is 37.7 Å². The summed E-state index contributed by atoms with van der Waals surface area (Å²) in [5.41, 5.74) is 5.09. The lowest BCUT2D eigenvalue weighted by Gasteiger charge is -2.17. The van der Waals surface area contributed by atoms with Crippen LogP contribution < -0.4 is 24.8 Å². The van der Waals surface area contributed by atoms with Crippen LogP contribution in [0.15, 0.2) is 59.8 Å². The molecular weight excluding hydrogens is 526 g/mol. The number of aryl methyl sites for hydroxylation is 2. The van der Waals surface area contributed by atoms with Crippen LogP contribution in [0.3, 0.4) is 0 Å². The first-order valence-corrected chi connectivity index (χ1v) is 13.3. The lowest BCUT2D eigenvalue weighted by Crippen LogP contribution is -2.14. The van der Waals surface area contributed by atoms with Crippen LogP contribution >= 0.6 is 11.8 Å². The molecule has 1 heterocycles. The molecule has 0 aliphatic heterocycles. The Kier molecular flexibility index (Phi) is 9.09. The zero-order valence-corrected chi connectivity index (χ0v) is 23.7. The van der Waals surface area contributed by atoms with Crippen molar-refractivity contribution in [2.45, 2.75) is 19.0 Å². The average Bonchev–Trinajstić information content (AvgIpc) is 2.96. The number of hydrogen-bond donors (Lipinski definition) is 2. The highest BCUT2D eigenvalue weighted by atomic mass is 32.2. The summed E-state index contributed by atoms with van der Waals surface area (Å²) in [6.45, 7) is 3.98. The second kappa shape index (κ2) is 12.9. The van der Waals surface area contributed by atoms with Gasteiger partial charge in [0.25, 0.3) is 0 Å². The molecule has 3 aromatic carbocycles. The summed E-state index contributed by atoms with van der Waals surface area (Å²) < 4.78 is 16.2. The van der Waals surface area contributed by atoms with Crippen LogP contribution in [0, 0.1) is 25.2 Å². The number of carbonyl (C=O) groups excluding carboxylic acids is 1. The molecule has 0 aliphatic carbocycles. The molecule has 204 valence electrons. The number of aromatic nitrogens is 2. The number of rotatable bonds is 10. The van der Waals surface area contributed by atoms with Crippen molar-refractivity contribution in [3.05, 3.63) is 71.3 Å². The Balaban J connectivity index is 1.66. The van der Waals surface area contributed by atoms with Gasteiger partial charge in [-0.25, -0.2) is 9.97 Å². The summed E-state index contributed by atoms with van der Waals surface area (Å²) in [7, 11) is 4.73. The summed E-state index contributed by atoms with van der Waals surface area (Å²) in [5.74, 6) is 2.29. The predicted octanol–water partition coefficient (Wildman–Crippen LogP) is 6.28. The van der Waals surface area contributed by atoms with Gasteiger partial charge in [0.2, 0.25) is 5.91 Å². The summed E-state index contributed by atoms with van der Waals surface area (Å²) in [4.78, 5) is 22.1. The van der Waals surface area contributed by atoms with Crippen LogP contribution in [0.1, 0.15) is 16.7 Å². The first-order valence-electron chi connectivity index (χ1n) is 12.3. The number of nitrogens with one attached hydrogen (secondary N) is 2. The van der Waals surface area contributed by atoms with Crippen molar-refractivity contribution in [1.82, 2.24) is 9.97 Å². The van der Waals surface area contributed by atoms with Gasteiger partial charge < -0.3 is 24.8 Å². The molecule has 0 atom stereocenters. The monoisotopic (exact) mass is 555 g/mol. The van der Waals surface area contributed by atoms with E-state index >= 15 is 0 Å². The molecule has 1 aromatic heterocycles. The lowest BCUT2D eigenvalue weighted by molar-refractivity contribution is -0.113. The molecule has 40 heavy (non-hydrogen) atoms. The van der Waals surface area contributed by atoms with Crippen LogP contribution in [-0.4, -0.2) is 43.0 Å². The Bertz CT molecular complexity index is 1590. The number of amides is 1. The third-order valence-corrected chi connectivity index (χ3v) is 6.88. The van der Waals surface area contributed by atoms with E-state index in [4.69, 9.17) is 29.4 Å². The van der Waals surface area contributed by atoms with Gasteiger partial charge >= 0.3 is 0 Å². The van der Waals surface area contributed by atoms with Gasteiger partial charge in [0.1, 0.15) is 11.6 Å². The fraction of sp³-hybridized carbons (Fsp3) is 0.200. The number of anilines is 3. The van der Waals surface area contributed by atoms with E-state index in [1.807, 2.05) is 38.1 Å². The molecule has 9 nitrogen and oxygen atoms in total. The summed E-state index contributed by atoms with van der Waals surface area (Å²) in [6, 6.07) is 16.8. The zero-order chi connectivity index (χ0) is 28.6. The van der Waals surface area contributed by atoms with Crippen molar-refractivity contribution in [3.8, 4) is 23.3 Å². The van der Waals surface area contributed by atoms with Gasteiger partial charge in [-0.15, -0.1) is 0 Å². The van der Waals surface area contributed by atoms with E-state index in [1.54, 1.807) is 57.7 Å². The maximum atomic E-state index is 12.7. The van der Waals surface area contributed by atoms with Crippen LogP contribution in [0.5, 0.6) is 17.2 Å². The van der Waals surface area contributed by atoms with E-state index < -0.39 is 0 Å². The molecule has 0 saturated heterocycles. The molecule has 0 unspecified atom stereocenters. The maximum absolute atomic E-state index is 12.7. The third-order valence-electron chi connectivity index (χ3n) is 6.04. The van der Waals surface area contributed by atoms with E-state index in [-0.39, 0.29) is 11.7 Å². The van der Waals surface area contributed by atoms with Crippen molar-refractivity contribution in [2.24, 2.45) is 0 Å². The summed E-state index contributed by atoms with van der Waals surface area (Å²) in [5, 5.41) is 16.4. The van der Waals surface area contributed by atoms with Crippen LogP contribution in [0.4, 0.5) is 17.2 Å². The fourth-order valence-electron chi connectivity index (χ4n) is 4.14. The largest absolute Gasteiger partial charge is 0.497 e. The summed E-state index contributed by atoms with van der Waals surface area (Å²) >= 11 is 1.23. The molecule has 2 N–H and O–H groups in total. The maximum Gasteiger partial charge on any atom is 0.234 e. The minimum absolute atomic E-state index is 0.113. The predicted molar refractivity (Wildman–Crippen MR) is 159 cm³/mol. The number of fused-ring (bicyclic) bond motifs is 1. The molecule has 0 aliphatic rings. The Hall–Kier alpha value is -4.75.